The maximum absolute atomic E-state index is 12.8. The number of nitrogens with zero attached hydrogens (tertiary/aromatic N) is 4. The first-order valence-electron chi connectivity index (χ1n) is 10.2. The second-order valence-electron chi connectivity index (χ2n) is 7.93. The summed E-state index contributed by atoms with van der Waals surface area (Å²) < 4.78 is 66.6. The molecule has 0 saturated heterocycles. The zero-order valence-electron chi connectivity index (χ0n) is 17.4. The van der Waals surface area contributed by atoms with Crippen molar-refractivity contribution in [1.29, 1.82) is 5.26 Å². The van der Waals surface area contributed by atoms with Crippen LogP contribution in [0.5, 0.6) is 0 Å². The molecule has 1 aliphatic rings. The molecule has 12 heteroatoms. The van der Waals surface area contributed by atoms with E-state index in [1.54, 1.807) is 22.9 Å². The molecule has 3 aromatic rings. The van der Waals surface area contributed by atoms with Crippen molar-refractivity contribution in [3.05, 3.63) is 41.2 Å². The molecule has 2 aromatic heterocycles. The SMILES string of the molecule is C[C@H](NS(=O)(=O)c1cnc(-c2c(C#N)c3ccc(Cl)cc3n2C2CCCC2)nc1)C(F)(F)F. The van der Waals surface area contributed by atoms with Crippen molar-refractivity contribution >= 4 is 32.5 Å². The standard InChI is InChI=1S/C21H19ClF3N5O2S/c1-12(21(23,24)25)29-33(31,32)15-10-27-20(28-11-15)19-17(9-26)16-7-6-13(22)8-18(16)30(19)14-4-2-3-5-14/h6-8,10-12,14,29H,2-5H2,1H3/t12-/m0/s1. The minimum absolute atomic E-state index is 0.0874. The van der Waals surface area contributed by atoms with Crippen LogP contribution in [-0.4, -0.2) is 35.2 Å². The summed E-state index contributed by atoms with van der Waals surface area (Å²) in [4.78, 5) is 7.75. The van der Waals surface area contributed by atoms with Gasteiger partial charge < -0.3 is 4.57 Å². The van der Waals surface area contributed by atoms with Gasteiger partial charge in [-0.3, -0.25) is 0 Å². The highest BCUT2D eigenvalue weighted by Crippen LogP contribution is 2.41. The predicted molar refractivity (Wildman–Crippen MR) is 116 cm³/mol. The van der Waals surface area contributed by atoms with Gasteiger partial charge in [0.15, 0.2) is 5.82 Å². The summed E-state index contributed by atoms with van der Waals surface area (Å²) in [6.45, 7) is 0.705. The Labute approximate surface area is 193 Å². The summed E-state index contributed by atoms with van der Waals surface area (Å²) in [7, 11) is -4.50. The van der Waals surface area contributed by atoms with Crippen LogP contribution >= 0.6 is 11.6 Å². The van der Waals surface area contributed by atoms with Crippen molar-refractivity contribution in [2.75, 3.05) is 0 Å². The van der Waals surface area contributed by atoms with E-state index in [0.29, 0.717) is 28.6 Å². The summed E-state index contributed by atoms with van der Waals surface area (Å²) in [6.07, 6.45) is 0.969. The topological polar surface area (TPSA) is 101 Å². The molecule has 2 heterocycles. The lowest BCUT2D eigenvalue weighted by Gasteiger charge is -2.18. The number of halogens is 4. The average molecular weight is 498 g/mol. The molecule has 174 valence electrons. The van der Waals surface area contributed by atoms with Crippen LogP contribution in [0, 0.1) is 11.3 Å². The second-order valence-corrected chi connectivity index (χ2v) is 10.1. The summed E-state index contributed by atoms with van der Waals surface area (Å²) in [5.41, 5.74) is 1.51. The lowest BCUT2D eigenvalue weighted by Crippen LogP contribution is -2.43. The normalized spacial score (nSPS) is 16.2. The quantitative estimate of drug-likeness (QED) is 0.536. The second kappa shape index (κ2) is 8.59. The zero-order valence-corrected chi connectivity index (χ0v) is 19.0. The number of hydrogen-bond acceptors (Lipinski definition) is 5. The van der Waals surface area contributed by atoms with Crippen LogP contribution < -0.4 is 4.72 Å². The van der Waals surface area contributed by atoms with E-state index in [9.17, 15) is 26.9 Å². The number of benzene rings is 1. The highest BCUT2D eigenvalue weighted by atomic mass is 35.5. The maximum Gasteiger partial charge on any atom is 0.404 e. The molecule has 1 N–H and O–H groups in total. The number of fused-ring (bicyclic) bond motifs is 1. The largest absolute Gasteiger partial charge is 0.404 e. The first-order chi connectivity index (χ1) is 15.5. The number of aromatic nitrogens is 3. The predicted octanol–water partition coefficient (Wildman–Crippen LogP) is 4.97. The molecule has 1 aromatic carbocycles. The van der Waals surface area contributed by atoms with Crippen LogP contribution in [0.4, 0.5) is 13.2 Å². The van der Waals surface area contributed by atoms with Gasteiger partial charge in [-0.2, -0.15) is 23.2 Å². The average Bonchev–Trinajstić information content (AvgIpc) is 3.38. The van der Waals surface area contributed by atoms with Crippen LogP contribution in [0.25, 0.3) is 22.4 Å². The van der Waals surface area contributed by atoms with E-state index in [-0.39, 0.29) is 11.9 Å². The molecule has 0 radical (unpaired) electrons. The Kier molecular flexibility index (Phi) is 6.11. The fourth-order valence-electron chi connectivity index (χ4n) is 4.10. The molecule has 0 unspecified atom stereocenters. The van der Waals surface area contributed by atoms with Gasteiger partial charge in [-0.05, 0) is 38.0 Å². The van der Waals surface area contributed by atoms with Crippen molar-refractivity contribution in [1.82, 2.24) is 19.3 Å². The van der Waals surface area contributed by atoms with Gasteiger partial charge in [0.2, 0.25) is 10.0 Å². The number of nitriles is 1. The van der Waals surface area contributed by atoms with Gasteiger partial charge in [0.05, 0.1) is 23.5 Å². The van der Waals surface area contributed by atoms with Gasteiger partial charge >= 0.3 is 6.18 Å². The minimum Gasteiger partial charge on any atom is -0.334 e. The zero-order chi connectivity index (χ0) is 24.0. The third-order valence-corrected chi connectivity index (χ3v) is 7.47. The summed E-state index contributed by atoms with van der Waals surface area (Å²) >= 11 is 6.21. The van der Waals surface area contributed by atoms with Gasteiger partial charge in [0.25, 0.3) is 0 Å². The number of hydrogen-bond donors (Lipinski definition) is 1. The van der Waals surface area contributed by atoms with E-state index in [0.717, 1.165) is 43.6 Å². The van der Waals surface area contributed by atoms with E-state index >= 15 is 0 Å². The van der Waals surface area contributed by atoms with Crippen LogP contribution in [0.2, 0.25) is 5.02 Å². The van der Waals surface area contributed by atoms with Crippen LogP contribution in [0.15, 0.2) is 35.5 Å². The molecule has 0 aliphatic heterocycles. The molecule has 0 amide bonds. The summed E-state index contributed by atoms with van der Waals surface area (Å²) in [6, 6.07) is 5.19. The number of nitrogens with one attached hydrogen (secondary N) is 1. The third-order valence-electron chi connectivity index (χ3n) is 5.74. The molecule has 1 atom stereocenters. The van der Waals surface area contributed by atoms with Gasteiger partial charge in [0.1, 0.15) is 22.7 Å². The molecule has 0 spiro atoms. The van der Waals surface area contributed by atoms with Crippen molar-refractivity contribution in [3.63, 3.8) is 0 Å². The Morgan fingerprint density at radius 1 is 1.24 bits per heavy atom. The highest BCUT2D eigenvalue weighted by molar-refractivity contribution is 7.89. The lowest BCUT2D eigenvalue weighted by atomic mass is 10.1. The number of alkyl halides is 3. The summed E-state index contributed by atoms with van der Waals surface area (Å²) in [5.74, 6) is 0.105. The maximum atomic E-state index is 12.8. The van der Waals surface area contributed by atoms with E-state index in [2.05, 4.69) is 16.0 Å². The smallest absolute Gasteiger partial charge is 0.334 e. The van der Waals surface area contributed by atoms with Gasteiger partial charge in [-0.1, -0.05) is 24.4 Å². The van der Waals surface area contributed by atoms with Crippen molar-refractivity contribution in [2.24, 2.45) is 0 Å². The van der Waals surface area contributed by atoms with Gasteiger partial charge in [-0.15, -0.1) is 0 Å². The van der Waals surface area contributed by atoms with Gasteiger partial charge in [0, 0.05) is 16.5 Å². The van der Waals surface area contributed by atoms with Gasteiger partial charge in [-0.25, -0.2) is 18.4 Å². The van der Waals surface area contributed by atoms with E-state index in [1.807, 2.05) is 4.57 Å². The van der Waals surface area contributed by atoms with Crippen LogP contribution in [0.1, 0.15) is 44.2 Å². The number of sulfonamides is 1. The minimum atomic E-state index is -4.74. The molecular weight excluding hydrogens is 479 g/mol. The molecular formula is C21H19ClF3N5O2S. The Morgan fingerprint density at radius 2 is 1.88 bits per heavy atom. The van der Waals surface area contributed by atoms with Crippen molar-refractivity contribution in [3.8, 4) is 17.6 Å². The Balaban J connectivity index is 1.81. The van der Waals surface area contributed by atoms with Crippen molar-refractivity contribution in [2.45, 2.75) is 55.8 Å². The highest BCUT2D eigenvalue weighted by Gasteiger charge is 2.39. The fourth-order valence-corrected chi connectivity index (χ4v) is 5.39. The Morgan fingerprint density at radius 3 is 2.45 bits per heavy atom. The molecule has 0 bridgehead atoms. The number of rotatable bonds is 5. The summed E-state index contributed by atoms with van der Waals surface area (Å²) in [5, 5.41) is 11.1. The van der Waals surface area contributed by atoms with Crippen molar-refractivity contribution < 1.29 is 21.6 Å². The molecule has 33 heavy (non-hydrogen) atoms. The Bertz CT molecular complexity index is 1340. The molecule has 1 fully saturated rings. The lowest BCUT2D eigenvalue weighted by molar-refractivity contribution is -0.147. The Hall–Kier alpha value is -2.68. The molecule has 7 nitrogen and oxygen atoms in total. The third kappa shape index (κ3) is 4.43. The van der Waals surface area contributed by atoms with E-state index in [4.69, 9.17) is 11.6 Å². The van der Waals surface area contributed by atoms with Crippen LogP contribution in [0.3, 0.4) is 0 Å². The molecule has 4 rings (SSSR count). The molecule has 1 aliphatic carbocycles. The first-order valence-corrected chi connectivity index (χ1v) is 12.0. The van der Waals surface area contributed by atoms with Crippen LogP contribution in [-0.2, 0) is 10.0 Å². The fraction of sp³-hybridized carbons (Fsp3) is 0.381. The monoisotopic (exact) mass is 497 g/mol. The first kappa shape index (κ1) is 23.5. The van der Waals surface area contributed by atoms with E-state index in [1.165, 1.54) is 0 Å². The molecule has 1 saturated carbocycles. The van der Waals surface area contributed by atoms with E-state index < -0.39 is 27.1 Å².